The highest BCUT2D eigenvalue weighted by atomic mass is 35.5. The average Bonchev–Trinajstić information content (AvgIpc) is 2.69. The van der Waals surface area contributed by atoms with Crippen LogP contribution in [-0.4, -0.2) is 24.8 Å². The third-order valence-electron chi connectivity index (χ3n) is 4.30. The van der Waals surface area contributed by atoms with E-state index in [4.69, 9.17) is 17.3 Å². The molecule has 0 radical (unpaired) electrons. The van der Waals surface area contributed by atoms with Crippen LogP contribution in [0.5, 0.6) is 5.75 Å². The summed E-state index contributed by atoms with van der Waals surface area (Å²) in [6.07, 6.45) is 1.05. The molecule has 0 aliphatic carbocycles. The second-order valence-electron chi connectivity index (χ2n) is 6.63. The summed E-state index contributed by atoms with van der Waals surface area (Å²) in [5.41, 5.74) is 8.82. The van der Waals surface area contributed by atoms with Crippen LogP contribution in [0.25, 0.3) is 11.3 Å². The number of anilines is 3. The van der Waals surface area contributed by atoms with Gasteiger partial charge in [0.05, 0.1) is 11.9 Å². The third-order valence-corrected chi connectivity index (χ3v) is 5.20. The van der Waals surface area contributed by atoms with Crippen molar-refractivity contribution in [3.05, 3.63) is 64.7 Å². The Morgan fingerprint density at radius 3 is 2.57 bits per heavy atom. The molecule has 0 aliphatic rings. The Bertz CT molecular complexity index is 1190. The minimum absolute atomic E-state index is 0.00803. The van der Waals surface area contributed by atoms with Gasteiger partial charge in [0.15, 0.2) is 0 Å². The summed E-state index contributed by atoms with van der Waals surface area (Å²) in [7, 11) is -3.37. The van der Waals surface area contributed by atoms with Crippen LogP contribution in [0.1, 0.15) is 11.1 Å². The minimum atomic E-state index is -3.37. The first-order valence-electron chi connectivity index (χ1n) is 8.81. The molecule has 2 aromatic carbocycles. The summed E-state index contributed by atoms with van der Waals surface area (Å²) in [5.74, 6) is 0.120. The van der Waals surface area contributed by atoms with Gasteiger partial charge in [-0.2, -0.15) is 0 Å². The molecule has 30 heavy (non-hydrogen) atoms. The number of nitrogens with zero attached hydrogens (tertiary/aromatic N) is 1. The Hall–Kier alpha value is -2.88. The fourth-order valence-electron chi connectivity index (χ4n) is 2.78. The van der Waals surface area contributed by atoms with Gasteiger partial charge in [0.2, 0.25) is 10.0 Å². The highest BCUT2D eigenvalue weighted by molar-refractivity contribution is 7.88. The van der Waals surface area contributed by atoms with Crippen LogP contribution < -0.4 is 15.8 Å². The topological polar surface area (TPSA) is 117 Å². The van der Waals surface area contributed by atoms with Crippen molar-refractivity contribution in [2.24, 2.45) is 0 Å². The molecule has 0 spiro atoms. The Morgan fingerprint density at radius 1 is 1.13 bits per heavy atom. The molecule has 1 aromatic heterocycles. The van der Waals surface area contributed by atoms with Crippen molar-refractivity contribution in [1.29, 1.82) is 0 Å². The molecule has 158 valence electrons. The maximum Gasteiger partial charge on any atom is 0.209 e. The van der Waals surface area contributed by atoms with Crippen molar-refractivity contribution in [2.75, 3.05) is 17.3 Å². The van der Waals surface area contributed by atoms with Crippen molar-refractivity contribution < 1.29 is 17.9 Å². The first-order chi connectivity index (χ1) is 14.2. The van der Waals surface area contributed by atoms with Gasteiger partial charge in [-0.25, -0.2) is 22.5 Å². The molecule has 0 saturated carbocycles. The number of hydrogen-bond acceptors (Lipinski definition) is 6. The average molecular weight is 451 g/mol. The van der Waals surface area contributed by atoms with Gasteiger partial charge in [-0.15, -0.1) is 0 Å². The second-order valence-corrected chi connectivity index (χ2v) is 8.90. The van der Waals surface area contributed by atoms with Crippen LogP contribution in [0.2, 0.25) is 5.02 Å². The van der Waals surface area contributed by atoms with Gasteiger partial charge in [-0.05, 0) is 42.5 Å². The number of halogens is 2. The molecule has 7 nitrogen and oxygen atoms in total. The summed E-state index contributed by atoms with van der Waals surface area (Å²) in [4.78, 5) is 4.28. The first kappa shape index (κ1) is 21.8. The molecule has 0 amide bonds. The smallest absolute Gasteiger partial charge is 0.209 e. The number of pyridine rings is 1. The van der Waals surface area contributed by atoms with Crippen LogP contribution >= 0.6 is 11.6 Å². The first-order valence-corrected chi connectivity index (χ1v) is 11.1. The Morgan fingerprint density at radius 2 is 1.90 bits per heavy atom. The molecule has 3 rings (SSSR count). The van der Waals surface area contributed by atoms with E-state index in [-0.39, 0.29) is 18.1 Å². The lowest BCUT2D eigenvalue weighted by Gasteiger charge is -2.13. The zero-order valence-corrected chi connectivity index (χ0v) is 17.6. The predicted octanol–water partition coefficient (Wildman–Crippen LogP) is 3.95. The van der Waals surface area contributed by atoms with Crippen molar-refractivity contribution in [3.8, 4) is 17.0 Å². The van der Waals surface area contributed by atoms with E-state index in [1.54, 1.807) is 36.4 Å². The molecule has 5 N–H and O–H groups in total. The zero-order valence-electron chi connectivity index (χ0n) is 16.0. The number of aromatic nitrogens is 1. The van der Waals surface area contributed by atoms with Gasteiger partial charge >= 0.3 is 0 Å². The molecule has 0 fully saturated rings. The highest BCUT2D eigenvalue weighted by Gasteiger charge is 2.12. The van der Waals surface area contributed by atoms with E-state index in [2.05, 4.69) is 15.0 Å². The Balaban J connectivity index is 1.89. The molecular formula is C20H20ClFN4O3S. The number of hydrogen-bond donors (Lipinski definition) is 4. The van der Waals surface area contributed by atoms with Gasteiger partial charge in [0, 0.05) is 39.6 Å². The molecule has 1 heterocycles. The van der Waals surface area contributed by atoms with Gasteiger partial charge in [-0.3, -0.25) is 0 Å². The van der Waals surface area contributed by atoms with Gasteiger partial charge in [0.1, 0.15) is 18.2 Å². The van der Waals surface area contributed by atoms with Crippen molar-refractivity contribution in [1.82, 2.24) is 9.71 Å². The quantitative estimate of drug-likeness (QED) is 0.405. The molecular weight excluding hydrogens is 431 g/mol. The Labute approximate surface area is 178 Å². The summed E-state index contributed by atoms with van der Waals surface area (Å²) in [5, 5.41) is 13.8. The standard InChI is InChI=1S/C20H20ClFN4O3S/c1-30(28,29)24-11-12-2-5-18(26-20(12)23)16-9-15(4-7-19(16)27)25-17-6-3-14(21)8-13(17)10-22/h2-9,24-25,27H,10-11H2,1H3,(H2,23,26). The fraction of sp³-hybridized carbons (Fsp3) is 0.150. The highest BCUT2D eigenvalue weighted by Crippen LogP contribution is 2.33. The van der Waals surface area contributed by atoms with Gasteiger partial charge in [0.25, 0.3) is 0 Å². The van der Waals surface area contributed by atoms with Crippen LogP contribution in [0.15, 0.2) is 48.5 Å². The van der Waals surface area contributed by atoms with Crippen molar-refractivity contribution in [2.45, 2.75) is 13.2 Å². The van der Waals surface area contributed by atoms with E-state index in [0.717, 1.165) is 6.26 Å². The number of nitrogen functional groups attached to an aromatic ring is 1. The summed E-state index contributed by atoms with van der Waals surface area (Å²) in [6, 6.07) is 12.9. The van der Waals surface area contributed by atoms with E-state index < -0.39 is 16.7 Å². The van der Waals surface area contributed by atoms with Crippen LogP contribution in [0, 0.1) is 0 Å². The lowest BCUT2D eigenvalue weighted by Crippen LogP contribution is -2.22. The number of phenols is 1. The lowest BCUT2D eigenvalue weighted by molar-refractivity contribution is 0.477. The zero-order chi connectivity index (χ0) is 21.9. The molecule has 0 atom stereocenters. The maximum atomic E-state index is 13.3. The number of sulfonamides is 1. The van der Waals surface area contributed by atoms with E-state index >= 15 is 0 Å². The van der Waals surface area contributed by atoms with E-state index in [9.17, 15) is 17.9 Å². The van der Waals surface area contributed by atoms with Crippen molar-refractivity contribution >= 4 is 38.8 Å². The van der Waals surface area contributed by atoms with E-state index in [1.807, 2.05) is 0 Å². The minimum Gasteiger partial charge on any atom is -0.507 e. The monoisotopic (exact) mass is 450 g/mol. The number of rotatable bonds is 7. The summed E-state index contributed by atoms with van der Waals surface area (Å²) < 4.78 is 38.2. The number of alkyl halides is 1. The third kappa shape index (κ3) is 5.38. The second kappa shape index (κ2) is 8.86. The van der Waals surface area contributed by atoms with Crippen molar-refractivity contribution in [3.63, 3.8) is 0 Å². The number of nitrogens with one attached hydrogen (secondary N) is 2. The van der Waals surface area contributed by atoms with Crippen LogP contribution in [0.3, 0.4) is 0 Å². The van der Waals surface area contributed by atoms with Gasteiger partial charge < -0.3 is 16.2 Å². The largest absolute Gasteiger partial charge is 0.507 e. The predicted molar refractivity (Wildman–Crippen MR) is 117 cm³/mol. The van der Waals surface area contributed by atoms with Crippen LogP contribution in [-0.2, 0) is 23.2 Å². The maximum absolute atomic E-state index is 13.3. The normalized spacial score (nSPS) is 11.4. The van der Waals surface area contributed by atoms with Crippen LogP contribution in [0.4, 0.5) is 21.6 Å². The molecule has 0 aliphatic heterocycles. The lowest BCUT2D eigenvalue weighted by atomic mass is 10.1. The summed E-state index contributed by atoms with van der Waals surface area (Å²) >= 11 is 5.91. The molecule has 0 saturated heterocycles. The Kier molecular flexibility index (Phi) is 6.45. The fourth-order valence-corrected chi connectivity index (χ4v) is 3.39. The molecule has 0 unspecified atom stereocenters. The number of phenolic OH excluding ortho intramolecular Hbond substituents is 1. The van der Waals surface area contributed by atoms with E-state index in [0.29, 0.717) is 38.8 Å². The number of benzene rings is 2. The number of nitrogens with two attached hydrogens (primary N) is 1. The molecule has 10 heteroatoms. The van der Waals surface area contributed by atoms with Gasteiger partial charge in [-0.1, -0.05) is 17.7 Å². The molecule has 3 aromatic rings. The summed E-state index contributed by atoms with van der Waals surface area (Å²) in [6.45, 7) is -0.678. The SMILES string of the molecule is CS(=O)(=O)NCc1ccc(-c2cc(Nc3ccc(Cl)cc3CF)ccc2O)nc1N. The van der Waals surface area contributed by atoms with E-state index in [1.165, 1.54) is 12.1 Å². The number of aromatic hydroxyl groups is 1. The molecule has 0 bridgehead atoms.